The van der Waals surface area contributed by atoms with Crippen LogP contribution in [0.25, 0.3) is 0 Å². The van der Waals surface area contributed by atoms with Crippen LogP contribution in [0.3, 0.4) is 0 Å². The number of alkyl halides is 1. The Morgan fingerprint density at radius 1 is 1.64 bits per heavy atom. The molecule has 1 saturated heterocycles. The lowest BCUT2D eigenvalue weighted by molar-refractivity contribution is -0.179. The minimum atomic E-state index is -1.44. The van der Waals surface area contributed by atoms with Gasteiger partial charge >= 0.3 is 5.97 Å². The zero-order chi connectivity index (χ0) is 8.48. The number of rotatable bonds is 1. The van der Waals surface area contributed by atoms with E-state index in [1.54, 1.807) is 0 Å². The van der Waals surface area contributed by atoms with Gasteiger partial charge in [0.05, 0.1) is 0 Å². The normalized spacial score (nSPS) is 26.5. The first-order chi connectivity index (χ1) is 5.00. The summed E-state index contributed by atoms with van der Waals surface area (Å²) >= 11 is 0. The maximum absolute atomic E-state index is 13.1. The van der Waals surface area contributed by atoms with Crippen molar-refractivity contribution in [1.29, 1.82) is 0 Å². The fraction of sp³-hybridized carbons (Fsp3) is 0.857. The molecule has 11 heavy (non-hydrogen) atoms. The molecule has 0 aromatic carbocycles. The molecule has 0 aromatic rings. The molecular formula is C7H11FO3. The predicted octanol–water partition coefficient (Wildman–Crippen LogP) is 0.677. The summed E-state index contributed by atoms with van der Waals surface area (Å²) in [4.78, 5) is 10.5. The van der Waals surface area contributed by atoms with Gasteiger partial charge in [-0.15, -0.1) is 0 Å². The van der Waals surface area contributed by atoms with Crippen molar-refractivity contribution in [2.75, 3.05) is 13.2 Å². The van der Waals surface area contributed by atoms with Crippen LogP contribution in [-0.4, -0.2) is 31.0 Å². The number of carbonyl (C=O) groups is 1. The van der Waals surface area contributed by atoms with Crippen LogP contribution in [0.2, 0.25) is 0 Å². The molecule has 1 aliphatic rings. The Hall–Kier alpha value is -0.640. The summed E-state index contributed by atoms with van der Waals surface area (Å²) in [5.41, 5.74) is -1.44. The maximum atomic E-state index is 13.1. The smallest absolute Gasteiger partial charge is 0.332 e. The Kier molecular flexibility index (Phi) is 2.13. The van der Waals surface area contributed by atoms with Crippen LogP contribution in [0.4, 0.5) is 4.39 Å². The van der Waals surface area contributed by atoms with Crippen molar-refractivity contribution in [3.63, 3.8) is 0 Å². The van der Waals surface area contributed by atoms with Crippen molar-refractivity contribution in [1.82, 2.24) is 0 Å². The van der Waals surface area contributed by atoms with Crippen molar-refractivity contribution in [3.8, 4) is 0 Å². The molecule has 1 rings (SSSR count). The zero-order valence-corrected chi connectivity index (χ0v) is 6.59. The molecule has 0 N–H and O–H groups in total. The second-order valence-corrected chi connectivity index (χ2v) is 3.05. The molecule has 0 amide bonds. The number of halogens is 1. The molecule has 0 bridgehead atoms. The second kappa shape index (κ2) is 2.77. The van der Waals surface area contributed by atoms with Crippen LogP contribution in [0.5, 0.6) is 0 Å². The molecular weight excluding hydrogens is 151 g/mol. The number of cyclic esters (lactones) is 1. The summed E-state index contributed by atoms with van der Waals surface area (Å²) in [5, 5.41) is 0. The van der Waals surface area contributed by atoms with Gasteiger partial charge in [0, 0.05) is 0 Å². The van der Waals surface area contributed by atoms with E-state index in [0.717, 1.165) is 0 Å². The lowest BCUT2D eigenvalue weighted by Gasteiger charge is -2.29. The quantitative estimate of drug-likeness (QED) is 0.532. The molecule has 64 valence electrons. The maximum Gasteiger partial charge on any atom is 0.332 e. The molecule has 0 spiro atoms. The van der Waals surface area contributed by atoms with E-state index in [1.807, 2.05) is 0 Å². The monoisotopic (exact) mass is 162 g/mol. The summed E-state index contributed by atoms with van der Waals surface area (Å²) in [7, 11) is 0. The average Bonchev–Trinajstić information content (AvgIpc) is 1.86. The van der Waals surface area contributed by atoms with E-state index in [0.29, 0.717) is 0 Å². The Balaban J connectivity index is 2.45. The van der Waals surface area contributed by atoms with Crippen molar-refractivity contribution < 1.29 is 18.7 Å². The molecule has 1 fully saturated rings. The van der Waals surface area contributed by atoms with Crippen LogP contribution in [0.1, 0.15) is 13.8 Å². The second-order valence-electron chi connectivity index (χ2n) is 3.05. The van der Waals surface area contributed by atoms with E-state index in [2.05, 4.69) is 4.74 Å². The highest BCUT2D eigenvalue weighted by Gasteiger charge is 2.34. The van der Waals surface area contributed by atoms with Crippen molar-refractivity contribution in [3.05, 3.63) is 0 Å². The summed E-state index contributed by atoms with van der Waals surface area (Å²) in [6.45, 7) is 2.67. The van der Waals surface area contributed by atoms with E-state index < -0.39 is 17.7 Å². The molecule has 4 heteroatoms. The number of hydrogen-bond donors (Lipinski definition) is 0. The molecule has 3 nitrogen and oxygen atoms in total. The van der Waals surface area contributed by atoms with Crippen LogP contribution in [0.15, 0.2) is 0 Å². The zero-order valence-electron chi connectivity index (χ0n) is 6.59. The van der Waals surface area contributed by atoms with Crippen molar-refractivity contribution in [2.24, 2.45) is 0 Å². The third kappa shape index (κ3) is 2.15. The van der Waals surface area contributed by atoms with Crippen molar-refractivity contribution in [2.45, 2.75) is 25.6 Å². The van der Waals surface area contributed by atoms with Gasteiger partial charge in [-0.1, -0.05) is 0 Å². The van der Waals surface area contributed by atoms with E-state index in [1.165, 1.54) is 13.8 Å². The van der Waals surface area contributed by atoms with Gasteiger partial charge < -0.3 is 9.47 Å². The van der Waals surface area contributed by atoms with Gasteiger partial charge in [-0.2, -0.15) is 0 Å². The number of hydrogen-bond acceptors (Lipinski definition) is 3. The summed E-state index contributed by atoms with van der Waals surface area (Å²) in [5.74, 6) is -0.425. The van der Waals surface area contributed by atoms with Crippen LogP contribution in [-0.2, 0) is 14.3 Å². The van der Waals surface area contributed by atoms with Crippen LogP contribution < -0.4 is 0 Å². The summed E-state index contributed by atoms with van der Waals surface area (Å²) < 4.78 is 22.6. The van der Waals surface area contributed by atoms with E-state index >= 15 is 0 Å². The summed E-state index contributed by atoms with van der Waals surface area (Å²) in [6.07, 6.45) is -0.625. The molecule has 1 atom stereocenters. The van der Waals surface area contributed by atoms with Crippen molar-refractivity contribution >= 4 is 5.97 Å². The first kappa shape index (κ1) is 8.46. The topological polar surface area (TPSA) is 35.5 Å². The molecule has 1 aliphatic heterocycles. The third-order valence-electron chi connectivity index (χ3n) is 1.56. The van der Waals surface area contributed by atoms with E-state index in [4.69, 9.17) is 4.74 Å². The Bertz CT molecular complexity index is 152. The van der Waals surface area contributed by atoms with Gasteiger partial charge in [-0.3, -0.25) is 0 Å². The SMILES string of the molecule is CC(C)(F)C1COC(=O)CO1. The Morgan fingerprint density at radius 3 is 2.64 bits per heavy atom. The fourth-order valence-corrected chi connectivity index (χ4v) is 0.823. The number of carbonyl (C=O) groups excluding carboxylic acids is 1. The minimum Gasteiger partial charge on any atom is -0.461 e. The van der Waals surface area contributed by atoms with Gasteiger partial charge in [0.1, 0.15) is 25.0 Å². The van der Waals surface area contributed by atoms with Gasteiger partial charge in [0.25, 0.3) is 0 Å². The van der Waals surface area contributed by atoms with Crippen LogP contribution >= 0.6 is 0 Å². The van der Waals surface area contributed by atoms with Gasteiger partial charge in [0.2, 0.25) is 0 Å². The highest BCUT2D eigenvalue weighted by Crippen LogP contribution is 2.20. The highest BCUT2D eigenvalue weighted by molar-refractivity contribution is 5.71. The van der Waals surface area contributed by atoms with E-state index in [-0.39, 0.29) is 13.2 Å². The van der Waals surface area contributed by atoms with Gasteiger partial charge in [-0.05, 0) is 13.8 Å². The third-order valence-corrected chi connectivity index (χ3v) is 1.56. The minimum absolute atomic E-state index is 0.0162. The average molecular weight is 162 g/mol. The van der Waals surface area contributed by atoms with Crippen LogP contribution in [0, 0.1) is 0 Å². The largest absolute Gasteiger partial charge is 0.461 e. The van der Waals surface area contributed by atoms with E-state index in [9.17, 15) is 9.18 Å². The number of esters is 1. The van der Waals surface area contributed by atoms with Gasteiger partial charge in [0.15, 0.2) is 0 Å². The molecule has 0 saturated carbocycles. The first-order valence-corrected chi connectivity index (χ1v) is 3.46. The highest BCUT2D eigenvalue weighted by atomic mass is 19.1. The predicted molar refractivity (Wildman–Crippen MR) is 35.9 cm³/mol. The lowest BCUT2D eigenvalue weighted by Crippen LogP contribution is -2.43. The lowest BCUT2D eigenvalue weighted by atomic mass is 10.0. The molecule has 1 heterocycles. The summed E-state index contributed by atoms with van der Waals surface area (Å²) in [6, 6.07) is 0. The number of ether oxygens (including phenoxy) is 2. The Labute approximate surface area is 64.5 Å². The molecule has 0 aromatic heterocycles. The Morgan fingerprint density at radius 2 is 2.27 bits per heavy atom. The fourth-order valence-electron chi connectivity index (χ4n) is 0.823. The molecule has 0 radical (unpaired) electrons. The standard InChI is InChI=1S/C7H11FO3/c1-7(2,8)5-3-11-6(9)4-10-5/h5H,3-4H2,1-2H3. The first-order valence-electron chi connectivity index (χ1n) is 3.46. The van der Waals surface area contributed by atoms with Gasteiger partial charge in [-0.25, -0.2) is 9.18 Å². The molecule has 1 unspecified atom stereocenters. The molecule has 0 aliphatic carbocycles.